The summed E-state index contributed by atoms with van der Waals surface area (Å²) in [6.07, 6.45) is 4.54. The number of methoxy groups -OCH3 is 1. The zero-order chi connectivity index (χ0) is 20.1. The van der Waals surface area contributed by atoms with Crippen molar-refractivity contribution in [2.24, 2.45) is 5.92 Å². The fourth-order valence-corrected chi connectivity index (χ4v) is 3.32. The second-order valence-electron chi connectivity index (χ2n) is 6.53. The topological polar surface area (TPSA) is 81.5 Å². The molecule has 6 nitrogen and oxygen atoms in total. The molecule has 28 heavy (non-hydrogen) atoms. The van der Waals surface area contributed by atoms with Gasteiger partial charge in [0.15, 0.2) is 17.3 Å². The third-order valence-corrected chi connectivity index (χ3v) is 4.73. The molecule has 2 heterocycles. The van der Waals surface area contributed by atoms with Crippen molar-refractivity contribution in [2.45, 2.75) is 13.8 Å². The number of aromatic nitrogens is 1. The van der Waals surface area contributed by atoms with Crippen LogP contribution in [0.25, 0.3) is 12.2 Å². The van der Waals surface area contributed by atoms with Crippen LogP contribution in [0, 0.1) is 5.92 Å². The summed E-state index contributed by atoms with van der Waals surface area (Å²) in [7, 11) is 1.59. The Bertz CT molecular complexity index is 1120. The predicted molar refractivity (Wildman–Crippen MR) is 109 cm³/mol. The van der Waals surface area contributed by atoms with Crippen LogP contribution in [0.5, 0.6) is 11.5 Å². The molecule has 0 amide bonds. The van der Waals surface area contributed by atoms with Gasteiger partial charge in [0.25, 0.3) is 5.56 Å². The van der Waals surface area contributed by atoms with Crippen LogP contribution >= 0.6 is 11.3 Å². The quantitative estimate of drug-likeness (QED) is 0.618. The zero-order valence-corrected chi connectivity index (χ0v) is 16.7. The minimum atomic E-state index is -0.303. The number of Topliss-reactive ketones (excluding diaryl/α,β-unsaturated/α-hetero) is 1. The first-order chi connectivity index (χ1) is 13.5. The molecule has 0 aliphatic rings. The van der Waals surface area contributed by atoms with Gasteiger partial charge in [-0.25, -0.2) is 0 Å². The molecule has 3 aromatic rings. The average Bonchev–Trinajstić information content (AvgIpc) is 3.31. The van der Waals surface area contributed by atoms with Crippen LogP contribution in [-0.2, 0) is 0 Å². The van der Waals surface area contributed by atoms with Crippen molar-refractivity contribution in [2.75, 3.05) is 13.7 Å². The van der Waals surface area contributed by atoms with Crippen LogP contribution in [0.3, 0.4) is 0 Å². The van der Waals surface area contributed by atoms with E-state index >= 15 is 0 Å². The Morgan fingerprint density at radius 1 is 1.29 bits per heavy atom. The van der Waals surface area contributed by atoms with Gasteiger partial charge >= 0.3 is 0 Å². The number of nitrogens with one attached hydrogen (secondary N) is 1. The van der Waals surface area contributed by atoms with Gasteiger partial charge in [-0.3, -0.25) is 9.59 Å². The molecular weight excluding hydrogens is 378 g/mol. The number of ether oxygens (including phenoxy) is 2. The molecule has 0 spiro atoms. The van der Waals surface area contributed by atoms with Gasteiger partial charge in [0, 0.05) is 6.08 Å². The lowest BCUT2D eigenvalue weighted by molar-refractivity contribution is 0.103. The molecule has 2 aromatic heterocycles. The largest absolute Gasteiger partial charge is 0.493 e. The number of thiazole rings is 1. The summed E-state index contributed by atoms with van der Waals surface area (Å²) in [5.41, 5.74) is 0.541. The fraction of sp³-hybridized carbons (Fsp3) is 0.238. The van der Waals surface area contributed by atoms with E-state index in [1.165, 1.54) is 23.7 Å². The number of furan rings is 1. The molecule has 3 rings (SSSR count). The van der Waals surface area contributed by atoms with Crippen LogP contribution in [0.15, 0.2) is 45.8 Å². The summed E-state index contributed by atoms with van der Waals surface area (Å²) < 4.78 is 17.2. The van der Waals surface area contributed by atoms with Crippen LogP contribution < -0.4 is 24.2 Å². The molecule has 0 unspecified atom stereocenters. The van der Waals surface area contributed by atoms with Crippen molar-refractivity contribution in [3.8, 4) is 11.5 Å². The van der Waals surface area contributed by atoms with Crippen LogP contribution in [0.4, 0.5) is 0 Å². The highest BCUT2D eigenvalue weighted by Gasteiger charge is 2.08. The minimum absolute atomic E-state index is 0.224. The maximum absolute atomic E-state index is 12.2. The third kappa shape index (κ3) is 4.80. The lowest BCUT2D eigenvalue weighted by Gasteiger charge is -2.12. The summed E-state index contributed by atoms with van der Waals surface area (Å²) in [6.45, 7) is 4.69. The molecular formula is C21H21NO5S. The summed E-state index contributed by atoms with van der Waals surface area (Å²) in [6, 6.07) is 8.69. The molecule has 0 saturated heterocycles. The minimum Gasteiger partial charge on any atom is -0.493 e. The summed E-state index contributed by atoms with van der Waals surface area (Å²) in [4.78, 5) is 27.0. The van der Waals surface area contributed by atoms with Gasteiger partial charge in [0.1, 0.15) is 0 Å². The number of hydrogen-bond donors (Lipinski definition) is 1. The SMILES string of the molecule is COc1ccc(/C=c2\s/c(=C\C(=O)c3ccco3)[nH]c2=O)cc1OCC(C)C. The smallest absolute Gasteiger partial charge is 0.266 e. The number of H-pyrrole nitrogens is 1. The van der Waals surface area contributed by atoms with Crippen molar-refractivity contribution in [1.82, 2.24) is 4.98 Å². The van der Waals surface area contributed by atoms with E-state index in [4.69, 9.17) is 13.9 Å². The maximum atomic E-state index is 12.2. The number of carbonyl (C=O) groups is 1. The van der Waals surface area contributed by atoms with Crippen LogP contribution in [-0.4, -0.2) is 24.5 Å². The Morgan fingerprint density at radius 2 is 2.11 bits per heavy atom. The van der Waals surface area contributed by atoms with Gasteiger partial charge < -0.3 is 18.9 Å². The first-order valence-corrected chi connectivity index (χ1v) is 9.59. The number of carbonyl (C=O) groups excluding carboxylic acids is 1. The zero-order valence-electron chi connectivity index (χ0n) is 15.9. The van der Waals surface area contributed by atoms with Crippen molar-refractivity contribution >= 4 is 29.3 Å². The van der Waals surface area contributed by atoms with Crippen LogP contribution in [0.1, 0.15) is 30.0 Å². The summed E-state index contributed by atoms with van der Waals surface area (Å²) in [5.74, 6) is 1.56. The van der Waals surface area contributed by atoms with Crippen molar-refractivity contribution < 1.29 is 18.7 Å². The van der Waals surface area contributed by atoms with E-state index in [0.717, 1.165) is 5.56 Å². The normalized spacial score (nSPS) is 12.6. The number of rotatable bonds is 7. The van der Waals surface area contributed by atoms with Gasteiger partial charge in [-0.2, -0.15) is 0 Å². The maximum Gasteiger partial charge on any atom is 0.266 e. The van der Waals surface area contributed by atoms with E-state index in [1.807, 2.05) is 12.1 Å². The predicted octanol–water partition coefficient (Wildman–Crippen LogP) is 2.57. The van der Waals surface area contributed by atoms with Gasteiger partial charge in [-0.05, 0) is 41.8 Å². The molecule has 1 N–H and O–H groups in total. The summed E-state index contributed by atoms with van der Waals surface area (Å²) >= 11 is 1.20. The van der Waals surface area contributed by atoms with E-state index in [1.54, 1.807) is 31.4 Å². The first kappa shape index (κ1) is 19.7. The first-order valence-electron chi connectivity index (χ1n) is 8.77. The number of aromatic amines is 1. The number of ketones is 1. The third-order valence-electron chi connectivity index (χ3n) is 3.76. The molecule has 146 valence electrons. The molecule has 0 saturated carbocycles. The molecule has 0 bridgehead atoms. The van der Waals surface area contributed by atoms with Gasteiger partial charge in [-0.15, -0.1) is 11.3 Å². The van der Waals surface area contributed by atoms with E-state index in [0.29, 0.717) is 33.2 Å². The Morgan fingerprint density at radius 3 is 2.79 bits per heavy atom. The molecule has 0 radical (unpaired) electrons. The Labute approximate surface area is 165 Å². The van der Waals surface area contributed by atoms with E-state index < -0.39 is 0 Å². The highest BCUT2D eigenvalue weighted by atomic mass is 32.1. The Balaban J connectivity index is 1.93. The molecule has 0 aliphatic heterocycles. The number of benzene rings is 1. The fourth-order valence-electron chi connectivity index (χ4n) is 2.44. The highest BCUT2D eigenvalue weighted by Crippen LogP contribution is 2.28. The second kappa shape index (κ2) is 8.75. The molecule has 7 heteroatoms. The molecule has 1 aromatic carbocycles. The lowest BCUT2D eigenvalue weighted by Crippen LogP contribution is -2.20. The molecule has 0 fully saturated rings. The number of hydrogen-bond acceptors (Lipinski definition) is 6. The van der Waals surface area contributed by atoms with E-state index in [2.05, 4.69) is 18.8 Å². The second-order valence-corrected chi connectivity index (χ2v) is 7.61. The van der Waals surface area contributed by atoms with Crippen molar-refractivity contribution in [3.63, 3.8) is 0 Å². The van der Waals surface area contributed by atoms with E-state index in [-0.39, 0.29) is 17.1 Å². The lowest BCUT2D eigenvalue weighted by atomic mass is 10.2. The van der Waals surface area contributed by atoms with Crippen molar-refractivity contribution in [3.05, 3.63) is 67.5 Å². The average molecular weight is 399 g/mol. The van der Waals surface area contributed by atoms with Crippen LogP contribution in [0.2, 0.25) is 0 Å². The van der Waals surface area contributed by atoms with Gasteiger partial charge in [-0.1, -0.05) is 19.9 Å². The van der Waals surface area contributed by atoms with Crippen molar-refractivity contribution in [1.29, 1.82) is 0 Å². The van der Waals surface area contributed by atoms with E-state index in [9.17, 15) is 9.59 Å². The van der Waals surface area contributed by atoms with Gasteiger partial charge in [0.2, 0.25) is 5.78 Å². The standard InChI is InChI=1S/C21H21NO5S/c1-13(2)12-27-18-9-14(6-7-17(18)25-3)10-19-21(24)22-20(28-19)11-15(23)16-5-4-8-26-16/h4-11,13H,12H2,1-3H3,(H,22,24)/b19-10-,20-11-. The Hall–Kier alpha value is -3.06. The Kier molecular flexibility index (Phi) is 6.16. The van der Waals surface area contributed by atoms with Gasteiger partial charge in [0.05, 0.1) is 29.2 Å². The molecule has 0 aliphatic carbocycles. The highest BCUT2D eigenvalue weighted by molar-refractivity contribution is 7.07. The molecule has 0 atom stereocenters. The summed E-state index contributed by atoms with van der Waals surface area (Å²) in [5, 5.41) is 0. The monoisotopic (exact) mass is 399 g/mol.